The Labute approximate surface area is 170 Å². The molecule has 1 N–H and O–H groups in total. The molecule has 148 valence electrons. The van der Waals surface area contributed by atoms with E-state index in [1.807, 2.05) is 53.4 Å². The van der Waals surface area contributed by atoms with Crippen molar-refractivity contribution in [1.29, 1.82) is 0 Å². The van der Waals surface area contributed by atoms with Gasteiger partial charge in [0.25, 0.3) is 5.91 Å². The Bertz CT molecular complexity index is 1020. The second kappa shape index (κ2) is 8.78. The van der Waals surface area contributed by atoms with Crippen LogP contribution in [0, 0.1) is 5.92 Å². The molecule has 0 radical (unpaired) electrons. The van der Waals surface area contributed by atoms with Gasteiger partial charge in [0.1, 0.15) is 5.76 Å². The summed E-state index contributed by atoms with van der Waals surface area (Å²) in [5, 5.41) is 5.24. The van der Waals surface area contributed by atoms with Gasteiger partial charge >= 0.3 is 0 Å². The molecule has 0 unspecified atom stereocenters. The zero-order chi connectivity index (χ0) is 20.1. The van der Waals surface area contributed by atoms with Crippen LogP contribution in [-0.4, -0.2) is 36.3 Å². The highest BCUT2D eigenvalue weighted by Crippen LogP contribution is 2.18. The first-order valence-corrected chi connectivity index (χ1v) is 9.96. The van der Waals surface area contributed by atoms with Crippen LogP contribution in [0.1, 0.15) is 29.0 Å². The summed E-state index contributed by atoms with van der Waals surface area (Å²) in [5.74, 6) is 1.01. The molecule has 29 heavy (non-hydrogen) atoms. The van der Waals surface area contributed by atoms with Crippen molar-refractivity contribution in [1.82, 2.24) is 10.2 Å². The fraction of sp³-hybridized carbons (Fsp3) is 0.250. The molecule has 1 saturated heterocycles. The Morgan fingerprint density at radius 2 is 1.83 bits per heavy atom. The molecule has 1 aromatic heterocycles. The van der Waals surface area contributed by atoms with E-state index in [1.165, 1.54) is 0 Å². The number of benzene rings is 2. The van der Waals surface area contributed by atoms with Gasteiger partial charge in [-0.15, -0.1) is 0 Å². The summed E-state index contributed by atoms with van der Waals surface area (Å²) < 4.78 is 5.21. The minimum atomic E-state index is -0.0457. The number of likely N-dealkylation sites (tertiary alicyclic amines) is 1. The smallest absolute Gasteiger partial charge is 0.251 e. The number of hydrogen-bond acceptors (Lipinski definition) is 3. The van der Waals surface area contributed by atoms with Crippen LogP contribution in [-0.2, 0) is 4.79 Å². The minimum absolute atomic E-state index is 0.0000456. The molecular weight excluding hydrogens is 364 g/mol. The monoisotopic (exact) mass is 388 g/mol. The third-order valence-corrected chi connectivity index (χ3v) is 5.42. The molecular formula is C24H24N2O3. The van der Waals surface area contributed by atoms with Crippen molar-refractivity contribution in [3.05, 3.63) is 78.3 Å². The first-order chi connectivity index (χ1) is 14.2. The van der Waals surface area contributed by atoms with Crippen LogP contribution in [0.25, 0.3) is 16.8 Å². The normalized spacial score (nSPS) is 15.1. The van der Waals surface area contributed by atoms with E-state index < -0.39 is 0 Å². The Hall–Kier alpha value is -3.34. The van der Waals surface area contributed by atoms with Gasteiger partial charge in [0, 0.05) is 31.3 Å². The van der Waals surface area contributed by atoms with Gasteiger partial charge in [-0.2, -0.15) is 0 Å². The van der Waals surface area contributed by atoms with Gasteiger partial charge in [-0.1, -0.05) is 30.3 Å². The molecule has 0 atom stereocenters. The average Bonchev–Trinajstić information content (AvgIpc) is 3.29. The predicted molar refractivity (Wildman–Crippen MR) is 113 cm³/mol. The lowest BCUT2D eigenvalue weighted by atomic mass is 9.96. The Morgan fingerprint density at radius 1 is 1.03 bits per heavy atom. The largest absolute Gasteiger partial charge is 0.465 e. The number of carbonyl (C=O) groups is 2. The lowest BCUT2D eigenvalue weighted by Gasteiger charge is -2.31. The maximum atomic E-state index is 12.5. The molecule has 4 rings (SSSR count). The Balaban J connectivity index is 1.25. The van der Waals surface area contributed by atoms with Crippen LogP contribution < -0.4 is 5.32 Å². The van der Waals surface area contributed by atoms with Gasteiger partial charge in [-0.25, -0.2) is 0 Å². The van der Waals surface area contributed by atoms with E-state index in [0.717, 1.165) is 23.6 Å². The molecule has 2 aromatic carbocycles. The van der Waals surface area contributed by atoms with Crippen molar-refractivity contribution in [2.24, 2.45) is 5.92 Å². The molecule has 5 heteroatoms. The first-order valence-electron chi connectivity index (χ1n) is 9.96. The lowest BCUT2D eigenvalue weighted by Crippen LogP contribution is -2.40. The van der Waals surface area contributed by atoms with E-state index in [2.05, 4.69) is 5.32 Å². The van der Waals surface area contributed by atoms with E-state index in [0.29, 0.717) is 36.9 Å². The lowest BCUT2D eigenvalue weighted by molar-refractivity contribution is -0.127. The van der Waals surface area contributed by atoms with Crippen molar-refractivity contribution in [3.63, 3.8) is 0 Å². The SMILES string of the molecule is O=C(NCC1CCN(C(=O)/C=C/c2ccco2)CC1)c1ccc2ccccc2c1. The van der Waals surface area contributed by atoms with Gasteiger partial charge < -0.3 is 14.6 Å². The predicted octanol–water partition coefficient (Wildman–Crippen LogP) is 4.11. The molecule has 1 aliphatic rings. The van der Waals surface area contributed by atoms with E-state index in [-0.39, 0.29) is 11.8 Å². The fourth-order valence-corrected chi connectivity index (χ4v) is 3.67. The number of fused-ring (bicyclic) bond motifs is 1. The molecule has 0 saturated carbocycles. The molecule has 0 bridgehead atoms. The van der Waals surface area contributed by atoms with Crippen LogP contribution in [0.15, 0.2) is 71.4 Å². The van der Waals surface area contributed by atoms with Crippen LogP contribution in [0.2, 0.25) is 0 Å². The third kappa shape index (κ3) is 4.74. The number of carbonyl (C=O) groups excluding carboxylic acids is 2. The molecule has 2 amide bonds. The van der Waals surface area contributed by atoms with Crippen molar-refractivity contribution < 1.29 is 14.0 Å². The van der Waals surface area contributed by atoms with Gasteiger partial charge in [-0.3, -0.25) is 9.59 Å². The number of piperidine rings is 1. The maximum absolute atomic E-state index is 12.5. The highest BCUT2D eigenvalue weighted by molar-refractivity contribution is 5.98. The third-order valence-electron chi connectivity index (χ3n) is 5.42. The molecule has 1 aliphatic heterocycles. The summed E-state index contributed by atoms with van der Waals surface area (Å²) in [6.07, 6.45) is 6.61. The molecule has 0 spiro atoms. The summed E-state index contributed by atoms with van der Waals surface area (Å²) in [6.45, 7) is 2.05. The topological polar surface area (TPSA) is 62.6 Å². The second-order valence-electron chi connectivity index (χ2n) is 7.39. The molecule has 5 nitrogen and oxygen atoms in total. The molecule has 0 aliphatic carbocycles. The van der Waals surface area contributed by atoms with E-state index in [4.69, 9.17) is 4.42 Å². The molecule has 1 fully saturated rings. The first kappa shape index (κ1) is 19.0. The number of amides is 2. The summed E-state index contributed by atoms with van der Waals surface area (Å²) in [5.41, 5.74) is 0.680. The summed E-state index contributed by atoms with van der Waals surface area (Å²) in [4.78, 5) is 26.6. The molecule has 3 aromatic rings. The van der Waals surface area contributed by atoms with Crippen molar-refractivity contribution in [2.75, 3.05) is 19.6 Å². The number of rotatable bonds is 5. The van der Waals surface area contributed by atoms with Crippen molar-refractivity contribution in [3.8, 4) is 0 Å². The van der Waals surface area contributed by atoms with Crippen LogP contribution in [0.3, 0.4) is 0 Å². The zero-order valence-corrected chi connectivity index (χ0v) is 16.2. The summed E-state index contributed by atoms with van der Waals surface area (Å²) in [7, 11) is 0. The minimum Gasteiger partial charge on any atom is -0.465 e. The van der Waals surface area contributed by atoms with Crippen molar-refractivity contribution >= 4 is 28.7 Å². The van der Waals surface area contributed by atoms with E-state index in [9.17, 15) is 9.59 Å². The van der Waals surface area contributed by atoms with Gasteiger partial charge in [0.2, 0.25) is 5.91 Å². The number of furan rings is 1. The summed E-state index contributed by atoms with van der Waals surface area (Å²) >= 11 is 0. The number of nitrogens with zero attached hydrogens (tertiary/aromatic N) is 1. The van der Waals surface area contributed by atoms with Crippen molar-refractivity contribution in [2.45, 2.75) is 12.8 Å². The van der Waals surface area contributed by atoms with Crippen LogP contribution >= 0.6 is 0 Å². The van der Waals surface area contributed by atoms with Crippen LogP contribution in [0.5, 0.6) is 0 Å². The Kier molecular flexibility index (Phi) is 5.75. The average molecular weight is 388 g/mol. The number of nitrogens with one attached hydrogen (secondary N) is 1. The quantitative estimate of drug-likeness (QED) is 0.669. The second-order valence-corrected chi connectivity index (χ2v) is 7.39. The summed E-state index contributed by atoms with van der Waals surface area (Å²) in [6, 6.07) is 17.4. The van der Waals surface area contributed by atoms with Gasteiger partial charge in [0.15, 0.2) is 0 Å². The fourth-order valence-electron chi connectivity index (χ4n) is 3.67. The maximum Gasteiger partial charge on any atom is 0.251 e. The Morgan fingerprint density at radius 3 is 2.59 bits per heavy atom. The van der Waals surface area contributed by atoms with Gasteiger partial charge in [-0.05, 0) is 59.9 Å². The van der Waals surface area contributed by atoms with Gasteiger partial charge in [0.05, 0.1) is 6.26 Å². The zero-order valence-electron chi connectivity index (χ0n) is 16.2. The highest BCUT2D eigenvalue weighted by Gasteiger charge is 2.22. The van der Waals surface area contributed by atoms with E-state index >= 15 is 0 Å². The molecule has 2 heterocycles. The highest BCUT2D eigenvalue weighted by atomic mass is 16.3. The standard InChI is InChI=1S/C24H24N2O3/c27-23(10-9-22-6-3-15-29-22)26-13-11-18(12-14-26)17-25-24(28)21-8-7-19-4-1-2-5-20(19)16-21/h1-10,15-16,18H,11-14,17H2,(H,25,28)/b10-9+. The van der Waals surface area contributed by atoms with Crippen LogP contribution in [0.4, 0.5) is 0 Å². The number of hydrogen-bond donors (Lipinski definition) is 1. The van der Waals surface area contributed by atoms with E-state index in [1.54, 1.807) is 24.5 Å².